The van der Waals surface area contributed by atoms with Crippen LogP contribution in [-0.4, -0.2) is 193 Å². The SMILES string of the molecule is CC(C)C(N)C(=O)O.CC(C)CC(N)C(=O)O.CC(C)CC(N)C(=O)O.CC(O)C(N)C(=O)O.CC(O)C(N)C(=O)O.NC(CCC(=O)O)C(=O)O.NC(CCC(=O)O)C(=O)O.NC(CO)C(=O)O. The maximum atomic E-state index is 10.1. The second kappa shape index (κ2) is 47.3. The number of nitrogens with two attached hydrogens (primary N) is 8. The lowest BCUT2D eigenvalue weighted by molar-refractivity contribution is -0.141. The average molecular weight is 1020 g/mol. The van der Waals surface area contributed by atoms with Gasteiger partial charge in [-0.25, -0.2) is 0 Å². The Kier molecular flexibility index (Phi) is 55.1. The summed E-state index contributed by atoms with van der Waals surface area (Å²) in [5.41, 5.74) is 40.2. The van der Waals surface area contributed by atoms with Crippen molar-refractivity contribution in [3.63, 3.8) is 0 Å². The van der Waals surface area contributed by atoms with Crippen molar-refractivity contribution in [1.29, 1.82) is 0 Å². The molecule has 0 aliphatic rings. The van der Waals surface area contributed by atoms with Crippen molar-refractivity contribution in [2.45, 2.75) is 154 Å². The van der Waals surface area contributed by atoms with Crippen LogP contribution in [0.1, 0.15) is 93.9 Å². The van der Waals surface area contributed by atoms with Crippen molar-refractivity contribution in [1.82, 2.24) is 0 Å². The molecule has 0 aromatic heterocycles. The van der Waals surface area contributed by atoms with Crippen LogP contribution in [0.4, 0.5) is 0 Å². The molecule has 0 saturated carbocycles. The Morgan fingerprint density at radius 3 is 0.623 bits per heavy atom. The minimum Gasteiger partial charge on any atom is -0.481 e. The van der Waals surface area contributed by atoms with E-state index in [1.807, 2.05) is 27.7 Å². The molecule has 31 heteroatoms. The Morgan fingerprint density at radius 1 is 0.348 bits per heavy atom. The van der Waals surface area contributed by atoms with E-state index in [1.54, 1.807) is 13.8 Å². The maximum Gasteiger partial charge on any atom is 0.323 e. The number of carbonyl (C=O) groups is 10. The lowest BCUT2D eigenvalue weighted by Crippen LogP contribution is -2.39. The molecular formula is C38H80N8O23. The Labute approximate surface area is 398 Å². The first-order valence-corrected chi connectivity index (χ1v) is 20.3. The summed E-state index contributed by atoms with van der Waals surface area (Å²) in [4.78, 5) is 99.3. The van der Waals surface area contributed by atoms with Crippen LogP contribution in [0, 0.1) is 17.8 Å². The fourth-order valence-corrected chi connectivity index (χ4v) is 2.80. The van der Waals surface area contributed by atoms with Gasteiger partial charge < -0.3 is 112 Å². The Bertz CT molecular complexity index is 1350. The lowest BCUT2D eigenvalue weighted by Gasteiger charge is -2.07. The van der Waals surface area contributed by atoms with Crippen molar-refractivity contribution < 1.29 is 114 Å². The molecule has 410 valence electrons. The fourth-order valence-electron chi connectivity index (χ4n) is 2.80. The molecule has 0 rings (SSSR count). The molecule has 0 fully saturated rings. The minimum atomic E-state index is -1.18. The average Bonchev–Trinajstić information content (AvgIpc) is 3.21. The molecule has 69 heavy (non-hydrogen) atoms. The van der Waals surface area contributed by atoms with E-state index >= 15 is 0 Å². The number of aliphatic hydroxyl groups is 3. The summed E-state index contributed by atoms with van der Waals surface area (Å²) in [6, 6.07) is -7.65. The molecule has 0 radical (unpaired) electrons. The molecule has 0 aliphatic heterocycles. The van der Waals surface area contributed by atoms with Gasteiger partial charge in [0.25, 0.3) is 0 Å². The molecule has 31 nitrogen and oxygen atoms in total. The zero-order chi connectivity index (χ0) is 57.2. The van der Waals surface area contributed by atoms with Crippen LogP contribution >= 0.6 is 0 Å². The highest BCUT2D eigenvalue weighted by Crippen LogP contribution is 2.02. The Morgan fingerprint density at radius 2 is 0.565 bits per heavy atom. The number of carboxylic acid groups (broad SMARTS) is 10. The first kappa shape index (κ1) is 80.3. The molecule has 0 heterocycles. The van der Waals surface area contributed by atoms with Gasteiger partial charge in [-0.05, 0) is 57.3 Å². The van der Waals surface area contributed by atoms with Gasteiger partial charge in [0.2, 0.25) is 0 Å². The number of rotatable bonds is 22. The van der Waals surface area contributed by atoms with Gasteiger partial charge in [0.1, 0.15) is 48.3 Å². The predicted octanol–water partition coefficient (Wildman–Crippen LogP) is -4.58. The van der Waals surface area contributed by atoms with Crippen LogP contribution in [0.3, 0.4) is 0 Å². The number of hydrogen-bond acceptors (Lipinski definition) is 21. The molecule has 0 aromatic rings. The van der Waals surface area contributed by atoms with E-state index in [1.165, 1.54) is 13.8 Å². The largest absolute Gasteiger partial charge is 0.481 e. The van der Waals surface area contributed by atoms with Crippen LogP contribution in [0.25, 0.3) is 0 Å². The topological polar surface area (TPSA) is 642 Å². The van der Waals surface area contributed by atoms with Gasteiger partial charge in [0.15, 0.2) is 0 Å². The fraction of sp³-hybridized carbons (Fsp3) is 0.737. The third-order valence-corrected chi connectivity index (χ3v) is 7.18. The van der Waals surface area contributed by atoms with E-state index in [9.17, 15) is 47.9 Å². The van der Waals surface area contributed by atoms with E-state index in [0.29, 0.717) is 24.7 Å². The third-order valence-electron chi connectivity index (χ3n) is 7.18. The van der Waals surface area contributed by atoms with Crippen molar-refractivity contribution >= 4 is 59.7 Å². The van der Waals surface area contributed by atoms with Gasteiger partial charge in [-0.15, -0.1) is 0 Å². The highest BCUT2D eigenvalue weighted by molar-refractivity contribution is 5.76. The molecule has 10 atom stereocenters. The van der Waals surface area contributed by atoms with Gasteiger partial charge in [0.05, 0.1) is 18.8 Å². The summed E-state index contributed by atoms with van der Waals surface area (Å²) in [5.74, 6) is -9.95. The van der Waals surface area contributed by atoms with Gasteiger partial charge in [-0.2, -0.15) is 0 Å². The second-order valence-corrected chi connectivity index (χ2v) is 15.3. The first-order valence-electron chi connectivity index (χ1n) is 20.3. The number of hydrogen-bond donors (Lipinski definition) is 21. The second-order valence-electron chi connectivity index (χ2n) is 15.3. The summed E-state index contributed by atoms with van der Waals surface area (Å²) >= 11 is 0. The van der Waals surface area contributed by atoms with Crippen molar-refractivity contribution in [2.75, 3.05) is 6.61 Å². The Balaban J connectivity index is -0.000000103. The quantitative estimate of drug-likeness (QED) is 0.0485. The number of carboxylic acids is 10. The predicted molar refractivity (Wildman–Crippen MR) is 243 cm³/mol. The summed E-state index contributed by atoms with van der Waals surface area (Å²) in [6.45, 7) is 13.5. The molecular weight excluding hydrogens is 936 g/mol. The highest BCUT2D eigenvalue weighted by atomic mass is 16.4. The van der Waals surface area contributed by atoms with Crippen molar-refractivity contribution in [3.8, 4) is 0 Å². The van der Waals surface area contributed by atoms with Gasteiger partial charge in [-0.1, -0.05) is 41.5 Å². The summed E-state index contributed by atoms with van der Waals surface area (Å²) in [7, 11) is 0. The molecule has 29 N–H and O–H groups in total. The first-order chi connectivity index (χ1) is 31.0. The van der Waals surface area contributed by atoms with E-state index < -0.39 is 127 Å². The smallest absolute Gasteiger partial charge is 0.323 e. The van der Waals surface area contributed by atoms with Gasteiger partial charge in [0, 0.05) is 12.8 Å². The Hall–Kier alpha value is -5.74. The van der Waals surface area contributed by atoms with Crippen LogP contribution in [0.2, 0.25) is 0 Å². The van der Waals surface area contributed by atoms with E-state index in [2.05, 4.69) is 0 Å². The van der Waals surface area contributed by atoms with Crippen LogP contribution < -0.4 is 45.9 Å². The van der Waals surface area contributed by atoms with Crippen LogP contribution in [0.5, 0.6) is 0 Å². The monoisotopic (exact) mass is 1020 g/mol. The van der Waals surface area contributed by atoms with Crippen molar-refractivity contribution in [3.05, 3.63) is 0 Å². The molecule has 0 saturated heterocycles. The molecule has 0 spiro atoms. The molecule has 0 bridgehead atoms. The summed E-state index contributed by atoms with van der Waals surface area (Å²) < 4.78 is 0. The number of aliphatic carboxylic acids is 10. The zero-order valence-electron chi connectivity index (χ0n) is 40.0. The molecule has 10 unspecified atom stereocenters. The minimum absolute atomic E-state index is 0.0208. The maximum absolute atomic E-state index is 10.1. The zero-order valence-corrected chi connectivity index (χ0v) is 40.0. The van der Waals surface area contributed by atoms with E-state index in [0.717, 1.165) is 0 Å². The summed E-state index contributed by atoms with van der Waals surface area (Å²) in [6.07, 6.45) is -1.30. The summed E-state index contributed by atoms with van der Waals surface area (Å²) in [5, 5.41) is 106. The standard InChI is InChI=1S/2C6H13NO2.2C5H9NO4.C5H11NO2.2C4H9NO3.C3H7NO3/c2*1-4(2)3-5(7)6(8)9;2*6-3(5(9)10)1-2-4(7)8;1-3(2)4(6)5(7)8;2*1-2(6)3(5)4(7)8;4-2(1-5)3(6)7/h2*4-5H,3,7H2,1-2H3,(H,8,9);2*3H,1-2,6H2,(H,7,8)(H,9,10);3-4H,6H2,1-2H3,(H,7,8);2*2-3,6H,5H2,1H3,(H,7,8);2,5H,1,4H2,(H,6,7). The van der Waals surface area contributed by atoms with Gasteiger partial charge >= 0.3 is 59.7 Å². The molecule has 0 aromatic carbocycles. The molecule has 0 amide bonds. The number of aliphatic hydroxyl groups excluding tert-OH is 3. The highest BCUT2D eigenvalue weighted by Gasteiger charge is 2.18. The van der Waals surface area contributed by atoms with Crippen LogP contribution in [-0.2, 0) is 47.9 Å². The van der Waals surface area contributed by atoms with Crippen molar-refractivity contribution in [2.24, 2.45) is 63.6 Å². The van der Waals surface area contributed by atoms with E-state index in [-0.39, 0.29) is 31.6 Å². The molecule has 0 aliphatic carbocycles. The lowest BCUT2D eigenvalue weighted by atomic mass is 10.1. The normalized spacial score (nSPS) is 14.2. The van der Waals surface area contributed by atoms with Gasteiger partial charge in [-0.3, -0.25) is 47.9 Å². The van der Waals surface area contributed by atoms with Crippen LogP contribution in [0.15, 0.2) is 0 Å². The third kappa shape index (κ3) is 66.6. The van der Waals surface area contributed by atoms with E-state index in [4.69, 9.17) is 112 Å².